The van der Waals surface area contributed by atoms with Crippen molar-refractivity contribution in [1.29, 1.82) is 5.26 Å². The molecule has 5 rings (SSSR count). The second-order valence-corrected chi connectivity index (χ2v) is 10.8. The molecule has 2 aromatic rings. The maximum Gasteiger partial charge on any atom is 0.149 e. The van der Waals surface area contributed by atoms with Gasteiger partial charge in [-0.05, 0) is 32.1 Å². The highest BCUT2D eigenvalue weighted by molar-refractivity contribution is 7.85. The average Bonchev–Trinajstić information content (AvgIpc) is 3.17. The number of rotatable bonds is 5. The van der Waals surface area contributed by atoms with Crippen LogP contribution in [0.4, 0.5) is 11.5 Å². The van der Waals surface area contributed by atoms with Crippen LogP contribution in [0.25, 0.3) is 0 Å². The van der Waals surface area contributed by atoms with E-state index in [1.54, 1.807) is 12.4 Å². The summed E-state index contributed by atoms with van der Waals surface area (Å²) in [7, 11) is -1.19. The van der Waals surface area contributed by atoms with E-state index in [0.717, 1.165) is 56.7 Å². The Morgan fingerprint density at radius 1 is 1.31 bits per heavy atom. The predicted octanol–water partition coefficient (Wildman–Crippen LogP) is 2.77. The van der Waals surface area contributed by atoms with Crippen molar-refractivity contribution in [2.24, 2.45) is 0 Å². The zero-order valence-electron chi connectivity index (χ0n) is 17.7. The Balaban J connectivity index is 1.46. The number of nitrogens with zero attached hydrogens (tertiary/aromatic N) is 5. The number of nitrogens with one attached hydrogen (secondary N) is 1. The number of aryl methyl sites for hydroxylation is 1. The first kappa shape index (κ1) is 21.6. The molecule has 2 aliphatic heterocycles. The molecule has 8 nitrogen and oxygen atoms in total. The monoisotopic (exact) mass is 472 g/mol. The van der Waals surface area contributed by atoms with Crippen LogP contribution in [0.3, 0.4) is 0 Å². The molecule has 1 aliphatic carbocycles. The minimum absolute atomic E-state index is 0.0105. The van der Waals surface area contributed by atoms with Gasteiger partial charge in [0, 0.05) is 43.6 Å². The normalized spacial score (nSPS) is 22.2. The number of hydrogen-bond acceptors (Lipinski definition) is 8. The SMILES string of the molecule is N#Cc1c(N2CCC(c3ncc(Cl)cn3)CC2)nc2c(c1NC1(CO)CCC1)[S@](=O)CC2. The van der Waals surface area contributed by atoms with Gasteiger partial charge in [-0.3, -0.25) is 4.21 Å². The van der Waals surface area contributed by atoms with Crippen LogP contribution in [0.1, 0.15) is 55.1 Å². The third kappa shape index (κ3) is 3.74. The molecular formula is C22H25ClN6O2S. The fourth-order valence-corrected chi connectivity index (χ4v) is 6.31. The molecule has 2 aromatic heterocycles. The number of nitriles is 1. The van der Waals surface area contributed by atoms with E-state index in [9.17, 15) is 14.6 Å². The Kier molecular flexibility index (Phi) is 5.78. The largest absolute Gasteiger partial charge is 0.394 e. The number of aliphatic hydroxyl groups excluding tert-OH is 1. The standard InChI is InChI=1S/C22H25ClN6O2S/c23-15-11-25-20(26-12-15)14-2-7-29(8-3-14)21-16(10-24)18(28-22(13-30)5-1-6-22)19-17(27-21)4-9-32(19)31/h11-12,14,30H,1-9,13H2,(H,27,28)/t32-/m1/s1. The van der Waals surface area contributed by atoms with Crippen molar-refractivity contribution < 1.29 is 9.32 Å². The third-order valence-corrected chi connectivity index (χ3v) is 8.54. The summed E-state index contributed by atoms with van der Waals surface area (Å²) in [5.41, 5.74) is 1.40. The van der Waals surface area contributed by atoms with Crippen LogP contribution >= 0.6 is 11.6 Å². The van der Waals surface area contributed by atoms with Crippen LogP contribution in [0.2, 0.25) is 5.02 Å². The minimum atomic E-state index is -1.19. The molecule has 0 amide bonds. The Bertz CT molecular complexity index is 1090. The van der Waals surface area contributed by atoms with Crippen LogP contribution in [0.15, 0.2) is 17.3 Å². The fourth-order valence-electron chi connectivity index (χ4n) is 4.84. The number of anilines is 2. The Morgan fingerprint density at radius 3 is 2.62 bits per heavy atom. The first-order valence-corrected chi connectivity index (χ1v) is 12.7. The number of piperidine rings is 1. The Hall–Kier alpha value is -2.28. The van der Waals surface area contributed by atoms with Gasteiger partial charge in [-0.2, -0.15) is 5.26 Å². The van der Waals surface area contributed by atoms with Crippen LogP contribution in [0, 0.1) is 11.3 Å². The molecule has 0 spiro atoms. The van der Waals surface area contributed by atoms with Crippen molar-refractivity contribution in [2.45, 2.75) is 54.9 Å². The lowest BCUT2D eigenvalue weighted by Crippen LogP contribution is -2.48. The van der Waals surface area contributed by atoms with Crippen molar-refractivity contribution in [2.75, 3.05) is 35.7 Å². The molecule has 10 heteroatoms. The van der Waals surface area contributed by atoms with Gasteiger partial charge in [-0.15, -0.1) is 0 Å². The van der Waals surface area contributed by atoms with E-state index in [1.165, 1.54) is 0 Å². The molecule has 0 aromatic carbocycles. The maximum atomic E-state index is 12.8. The van der Waals surface area contributed by atoms with Crippen molar-refractivity contribution in [3.63, 3.8) is 0 Å². The fraction of sp³-hybridized carbons (Fsp3) is 0.545. The molecule has 4 heterocycles. The van der Waals surface area contributed by atoms with Gasteiger partial charge in [0.15, 0.2) is 0 Å². The first-order valence-electron chi connectivity index (χ1n) is 11.0. The van der Waals surface area contributed by atoms with Crippen molar-refractivity contribution in [3.8, 4) is 6.07 Å². The number of hydrogen-bond donors (Lipinski definition) is 2. The molecular weight excluding hydrogens is 448 g/mol. The van der Waals surface area contributed by atoms with E-state index in [2.05, 4.69) is 26.3 Å². The highest BCUT2D eigenvalue weighted by Crippen LogP contribution is 2.43. The van der Waals surface area contributed by atoms with Crippen molar-refractivity contribution >= 4 is 33.9 Å². The molecule has 32 heavy (non-hydrogen) atoms. The molecule has 0 bridgehead atoms. The van der Waals surface area contributed by atoms with Gasteiger partial charge in [-0.25, -0.2) is 15.0 Å². The molecule has 1 saturated heterocycles. The zero-order valence-corrected chi connectivity index (χ0v) is 19.3. The Labute approximate surface area is 194 Å². The summed E-state index contributed by atoms with van der Waals surface area (Å²) in [6, 6.07) is 2.33. The lowest BCUT2D eigenvalue weighted by atomic mass is 9.77. The van der Waals surface area contributed by atoms with E-state index in [0.29, 0.717) is 39.2 Å². The second kappa shape index (κ2) is 8.58. The molecule has 2 N–H and O–H groups in total. The minimum Gasteiger partial charge on any atom is -0.394 e. The summed E-state index contributed by atoms with van der Waals surface area (Å²) in [6.45, 7) is 1.44. The lowest BCUT2D eigenvalue weighted by molar-refractivity contribution is 0.144. The highest BCUT2D eigenvalue weighted by Gasteiger charge is 2.40. The summed E-state index contributed by atoms with van der Waals surface area (Å²) < 4.78 is 12.8. The van der Waals surface area contributed by atoms with E-state index in [4.69, 9.17) is 16.6 Å². The van der Waals surface area contributed by atoms with Gasteiger partial charge >= 0.3 is 0 Å². The lowest BCUT2D eigenvalue weighted by Gasteiger charge is -2.42. The van der Waals surface area contributed by atoms with Crippen LogP contribution in [-0.4, -0.2) is 55.3 Å². The van der Waals surface area contributed by atoms with Gasteiger partial charge in [0.05, 0.1) is 44.2 Å². The summed E-state index contributed by atoms with van der Waals surface area (Å²) >= 11 is 5.91. The van der Waals surface area contributed by atoms with Gasteiger partial charge in [0.1, 0.15) is 23.3 Å². The molecule has 168 valence electrons. The Morgan fingerprint density at radius 2 is 2.03 bits per heavy atom. The van der Waals surface area contributed by atoms with E-state index >= 15 is 0 Å². The van der Waals surface area contributed by atoms with Crippen molar-refractivity contribution in [3.05, 3.63) is 34.5 Å². The van der Waals surface area contributed by atoms with Crippen LogP contribution in [-0.2, 0) is 17.2 Å². The summed E-state index contributed by atoms with van der Waals surface area (Å²) in [5.74, 6) is 2.20. The number of aromatic nitrogens is 3. The quantitative estimate of drug-likeness (QED) is 0.682. The summed E-state index contributed by atoms with van der Waals surface area (Å²) in [4.78, 5) is 16.4. The molecule has 0 unspecified atom stereocenters. The van der Waals surface area contributed by atoms with Crippen LogP contribution in [0.5, 0.6) is 0 Å². The van der Waals surface area contributed by atoms with Gasteiger partial charge in [-0.1, -0.05) is 11.6 Å². The summed E-state index contributed by atoms with van der Waals surface area (Å²) in [5, 5.41) is 24.1. The van der Waals surface area contributed by atoms with E-state index in [-0.39, 0.29) is 12.5 Å². The number of halogens is 1. The maximum absolute atomic E-state index is 12.8. The number of aliphatic hydroxyl groups is 1. The molecule has 0 radical (unpaired) electrons. The van der Waals surface area contributed by atoms with Gasteiger partial charge < -0.3 is 15.3 Å². The molecule has 1 saturated carbocycles. The van der Waals surface area contributed by atoms with Gasteiger partial charge in [0.25, 0.3) is 0 Å². The zero-order chi connectivity index (χ0) is 22.3. The molecule has 3 aliphatic rings. The topological polar surface area (TPSA) is 115 Å². The van der Waals surface area contributed by atoms with E-state index in [1.807, 2.05) is 0 Å². The smallest absolute Gasteiger partial charge is 0.149 e. The van der Waals surface area contributed by atoms with Crippen molar-refractivity contribution in [1.82, 2.24) is 15.0 Å². The van der Waals surface area contributed by atoms with Gasteiger partial charge in [0.2, 0.25) is 0 Å². The average molecular weight is 473 g/mol. The number of fused-ring (bicyclic) bond motifs is 1. The first-order chi connectivity index (χ1) is 15.5. The number of pyridine rings is 1. The van der Waals surface area contributed by atoms with E-state index < -0.39 is 16.3 Å². The molecule has 2 fully saturated rings. The third-order valence-electron chi connectivity index (χ3n) is 6.87. The molecule has 1 atom stereocenters. The summed E-state index contributed by atoms with van der Waals surface area (Å²) in [6.07, 6.45) is 8.28. The highest BCUT2D eigenvalue weighted by atomic mass is 35.5. The predicted molar refractivity (Wildman–Crippen MR) is 122 cm³/mol. The second-order valence-electron chi connectivity index (χ2n) is 8.81. The van der Waals surface area contributed by atoms with Crippen LogP contribution < -0.4 is 10.2 Å².